The van der Waals surface area contributed by atoms with Gasteiger partial charge in [0.15, 0.2) is 29.0 Å². The number of aromatic amines is 2. The van der Waals surface area contributed by atoms with Crippen LogP contribution in [-0.2, 0) is 108 Å². The van der Waals surface area contributed by atoms with Crippen molar-refractivity contribution >= 4 is 70.5 Å². The number of ketones is 4. The van der Waals surface area contributed by atoms with Gasteiger partial charge in [-0.1, -0.05) is 123 Å². The molecule has 0 unspecified atom stereocenters. The number of carbonyl (C=O) groups is 12. The predicted octanol–water partition coefficient (Wildman–Crippen LogP) is 4.70. The van der Waals surface area contributed by atoms with E-state index in [0.717, 1.165) is 77.5 Å². The van der Waals surface area contributed by atoms with Crippen LogP contribution < -0.4 is 42.4 Å². The molecule has 0 saturated carbocycles. The first-order chi connectivity index (χ1) is 56.3. The third kappa shape index (κ3) is 28.8. The summed E-state index contributed by atoms with van der Waals surface area (Å²) in [6.07, 6.45) is -0.739. The first-order valence-corrected chi connectivity index (χ1v) is 39.9. The van der Waals surface area contributed by atoms with Crippen molar-refractivity contribution in [3.05, 3.63) is 160 Å². The molecular formula is C85H113FN16O17. The van der Waals surface area contributed by atoms with Crippen LogP contribution in [0, 0.1) is 42.3 Å². The number of carbonyl (C=O) groups excluding carboxylic acids is 11. The van der Waals surface area contributed by atoms with Crippen LogP contribution in [0.1, 0.15) is 177 Å². The summed E-state index contributed by atoms with van der Waals surface area (Å²) in [5, 5.41) is 80.3. The average Bonchev–Trinajstić information content (AvgIpc) is 0.998. The van der Waals surface area contributed by atoms with E-state index in [1.165, 1.54) is 45.3 Å². The predicted molar refractivity (Wildman–Crippen MR) is 434 cm³/mol. The van der Waals surface area contributed by atoms with E-state index in [4.69, 9.17) is 10.5 Å². The van der Waals surface area contributed by atoms with Crippen molar-refractivity contribution in [2.24, 2.45) is 28.4 Å². The summed E-state index contributed by atoms with van der Waals surface area (Å²) in [6.45, 7) is 18.5. The first-order valence-electron chi connectivity index (χ1n) is 39.9. The number of Topliss-reactive ketones (excluding diaryl/α,β-unsaturated/α-hetero) is 4. The zero-order chi connectivity index (χ0) is 87.5. The molecule has 0 aliphatic rings. The van der Waals surface area contributed by atoms with Gasteiger partial charge >= 0.3 is 5.97 Å². The first kappa shape index (κ1) is 94.5. The lowest BCUT2D eigenvalue weighted by atomic mass is 9.76. The molecule has 0 saturated heterocycles. The van der Waals surface area contributed by atoms with Crippen molar-refractivity contribution in [3.63, 3.8) is 0 Å². The fourth-order valence-electron chi connectivity index (χ4n) is 13.7. The summed E-state index contributed by atoms with van der Waals surface area (Å²) < 4.78 is 23.6. The van der Waals surface area contributed by atoms with E-state index in [9.17, 15) is 78.0 Å². The van der Waals surface area contributed by atoms with Gasteiger partial charge in [0, 0.05) is 87.5 Å². The number of aliphatic carboxylic acids is 1. The van der Waals surface area contributed by atoms with Gasteiger partial charge in [0.2, 0.25) is 41.4 Å². The summed E-state index contributed by atoms with van der Waals surface area (Å²) in [5.74, 6) is -15.2. The molecule has 642 valence electrons. The number of rotatable bonds is 50. The second-order valence-corrected chi connectivity index (χ2v) is 32.4. The number of nitrogens with zero attached hydrogens (tertiary/aromatic N) is 7. The topological polar surface area (TPSA) is 507 Å². The van der Waals surface area contributed by atoms with E-state index in [0.29, 0.717) is 50.1 Å². The average molecular weight is 1650 g/mol. The second kappa shape index (κ2) is 44.2. The Balaban J connectivity index is 1.04. The number of aliphatic hydroxyl groups excluding tert-OH is 3. The summed E-state index contributed by atoms with van der Waals surface area (Å²) in [6, 6.07) is 16.0. The van der Waals surface area contributed by atoms with Crippen molar-refractivity contribution in [3.8, 4) is 16.9 Å². The van der Waals surface area contributed by atoms with Crippen LogP contribution in [0.15, 0.2) is 104 Å². The Labute approximate surface area is 690 Å². The minimum Gasteiger partial charge on any atom is -0.494 e. The van der Waals surface area contributed by atoms with Crippen LogP contribution in [0.2, 0.25) is 0 Å². The molecule has 7 amide bonds. The Bertz CT molecular complexity index is 4620. The van der Waals surface area contributed by atoms with Gasteiger partial charge < -0.3 is 67.8 Å². The van der Waals surface area contributed by atoms with Crippen LogP contribution in [0.3, 0.4) is 0 Å². The Kier molecular flexibility index (Phi) is 35.1. The molecule has 0 aliphatic carbocycles. The lowest BCUT2D eigenvalue weighted by Gasteiger charge is -2.33. The summed E-state index contributed by atoms with van der Waals surface area (Å²) in [5.41, 5.74) is 9.83. The van der Waals surface area contributed by atoms with E-state index in [1.54, 1.807) is 18.3 Å². The van der Waals surface area contributed by atoms with Crippen LogP contribution in [0.4, 0.5) is 4.39 Å². The highest BCUT2D eigenvalue weighted by Gasteiger charge is 2.44. The van der Waals surface area contributed by atoms with Crippen molar-refractivity contribution in [1.82, 2.24) is 77.5 Å². The Morgan fingerprint density at radius 1 is 0.664 bits per heavy atom. The molecule has 119 heavy (non-hydrogen) atoms. The van der Waals surface area contributed by atoms with Gasteiger partial charge in [-0.05, 0) is 144 Å². The second-order valence-electron chi connectivity index (χ2n) is 32.4. The Morgan fingerprint density at radius 2 is 1.34 bits per heavy atom. The normalized spacial score (nSPS) is 14.4. The maximum absolute atomic E-state index is 15.6. The molecule has 10 atom stereocenters. The van der Waals surface area contributed by atoms with Gasteiger partial charge in [-0.15, -0.1) is 15.3 Å². The van der Waals surface area contributed by atoms with Gasteiger partial charge in [0.05, 0.1) is 67.3 Å². The summed E-state index contributed by atoms with van der Waals surface area (Å²) in [4.78, 5) is 175. The number of unbranched alkanes of at least 4 members (excludes halogenated alkanes) is 1. The Hall–Kier alpha value is -11.7. The number of aryl methyl sites for hydroxylation is 5. The number of aliphatic hydroxyl groups is 3. The molecule has 4 aromatic carbocycles. The minimum atomic E-state index is -2.11. The highest BCUT2D eigenvalue weighted by atomic mass is 19.1. The third-order valence-corrected chi connectivity index (χ3v) is 20.8. The van der Waals surface area contributed by atoms with Crippen molar-refractivity contribution < 1.29 is 87.1 Å². The number of benzene rings is 4. The van der Waals surface area contributed by atoms with E-state index in [1.807, 2.05) is 80.2 Å². The van der Waals surface area contributed by atoms with E-state index in [-0.39, 0.29) is 42.6 Å². The molecular weight excluding hydrogens is 1540 g/mol. The number of halogens is 1. The number of carboxylic acid groups (broad SMARTS) is 1. The van der Waals surface area contributed by atoms with Gasteiger partial charge in [0.1, 0.15) is 35.1 Å². The van der Waals surface area contributed by atoms with Crippen molar-refractivity contribution in [2.45, 2.75) is 233 Å². The molecule has 14 N–H and O–H groups in total. The van der Waals surface area contributed by atoms with E-state index in [2.05, 4.69) is 93.6 Å². The molecule has 0 radical (unpaired) electrons. The number of nitrogens with one attached hydrogen (secondary N) is 8. The number of tetrazole rings is 1. The number of imidazole rings is 1. The molecule has 0 aliphatic heterocycles. The summed E-state index contributed by atoms with van der Waals surface area (Å²) in [7, 11) is 0. The molecule has 3 aromatic heterocycles. The quantitative estimate of drug-likeness (QED) is 0.0182. The fraction of sp³-hybridized carbons (Fsp3) is 0.506. The zero-order valence-corrected chi connectivity index (χ0v) is 69.3. The SMILES string of the molecule is CCc1cc(OCCCCn2cc(C(C)(C)C)nn2)ccc1-c1ccc(C[C@H](CC(=O)[C@H](CC(=O)O)NC(=O)[C@H](CO)CC(=O)[C@@H](NC(=O)[C@@](C)(CC(=O)[C@@H](NC(=O)CCC(=O)[C@H](Cc2nn[nH]n2)NC(=O)C(C)(C)C(=O)NCCc2cnc[nH]2)[C@@H](C)O)Cc2ccccc2F)[C@@H](C)O)C(=O)N[C@@H](CCCc2cc(C)cc(C)c2)C(N)=O)cc1. The number of carboxylic acids is 1. The number of aromatic nitrogens is 9. The number of primary amides is 1. The smallest absolute Gasteiger partial charge is 0.305 e. The molecule has 3 heterocycles. The summed E-state index contributed by atoms with van der Waals surface area (Å²) >= 11 is 0. The largest absolute Gasteiger partial charge is 0.494 e. The molecule has 7 rings (SSSR count). The molecule has 0 spiro atoms. The van der Waals surface area contributed by atoms with Crippen LogP contribution in [0.25, 0.3) is 11.1 Å². The minimum absolute atomic E-state index is 0.0123. The Morgan fingerprint density at radius 3 is 1.95 bits per heavy atom. The lowest BCUT2D eigenvalue weighted by molar-refractivity contribution is -0.143. The van der Waals surface area contributed by atoms with Gasteiger partial charge in [-0.3, -0.25) is 62.2 Å². The standard InChI is InChI=1S/C85H113FN16O17/c1-12-55-38-61(119-33-16-15-32-102-46-71(96-101-102)83(6,7)8)26-27-62(55)56-24-22-53(23-25-56)37-58(78(114)91-64(77(87)113)21-17-18-54-35-49(2)34-50(3)36-54)39-68(107)66(42-74(111)112)92-79(115)59(47-103)40-69(108)75(51(4)104)95-82(118)85(11,43-57-19-13-14-20-63(57)86)44-70(109)76(52(5)105)94-73(110)29-28-67(106)65(41-72-97-99-100-98-72)93-81(117)84(9,10)80(116)89-31-30-60-45-88-48-90-60/h13-14,19-20,22-27,34-36,38,45-46,48,51-52,58-59,64-66,75-76,103-105H,12,15-18,21,28-33,37,39-44,47H2,1-11H3,(H2,87,113)(H,88,90)(H,89,116)(H,91,114)(H,92,115)(H,93,117)(H,94,110)(H,95,118)(H,111,112)(H,97,98,99,100)/t51-,52-,58-,59+,64+,65+,66+,75+,76+,85-/m1/s1. The highest BCUT2D eigenvalue weighted by molar-refractivity contribution is 6.06. The lowest BCUT2D eigenvalue weighted by Crippen LogP contribution is -2.55. The molecule has 34 heteroatoms. The van der Waals surface area contributed by atoms with E-state index >= 15 is 4.39 Å². The molecule has 33 nitrogen and oxygen atoms in total. The molecule has 7 aromatic rings. The van der Waals surface area contributed by atoms with Gasteiger partial charge in [-0.2, -0.15) is 5.21 Å². The maximum Gasteiger partial charge on any atom is 0.305 e. The number of ether oxygens (including phenoxy) is 1. The maximum atomic E-state index is 15.6. The number of hydrogen-bond acceptors (Lipinski definition) is 22. The number of H-pyrrole nitrogens is 2. The molecule has 0 fully saturated rings. The van der Waals surface area contributed by atoms with Gasteiger partial charge in [-0.25, -0.2) is 9.37 Å². The van der Waals surface area contributed by atoms with E-state index < -0.39 is 193 Å². The van der Waals surface area contributed by atoms with Crippen LogP contribution in [0.5, 0.6) is 5.75 Å². The third-order valence-electron chi connectivity index (χ3n) is 20.8. The number of hydrogen-bond donors (Lipinski definition) is 13. The van der Waals surface area contributed by atoms with Crippen LogP contribution >= 0.6 is 0 Å². The van der Waals surface area contributed by atoms with Crippen molar-refractivity contribution in [1.29, 1.82) is 0 Å². The zero-order valence-electron chi connectivity index (χ0n) is 69.3. The van der Waals surface area contributed by atoms with Gasteiger partial charge in [0.25, 0.3) is 0 Å². The monoisotopic (exact) mass is 1650 g/mol. The highest BCUT2D eigenvalue weighted by Crippen LogP contribution is 2.33. The molecule has 0 bridgehead atoms. The van der Waals surface area contributed by atoms with Crippen LogP contribution in [-0.4, -0.2) is 199 Å². The fourth-order valence-corrected chi connectivity index (χ4v) is 13.7. The number of amides is 7. The van der Waals surface area contributed by atoms with Crippen molar-refractivity contribution in [2.75, 3.05) is 19.8 Å². The number of nitrogens with two attached hydrogens (primary N) is 1.